The number of nitrogens with one attached hydrogen (secondary N) is 1. The van der Waals surface area contributed by atoms with Crippen molar-refractivity contribution in [2.45, 2.75) is 47.6 Å². The molecule has 4 rings (SSSR count). The van der Waals surface area contributed by atoms with Crippen LogP contribution in [0.15, 0.2) is 49.4 Å². The summed E-state index contributed by atoms with van der Waals surface area (Å²) >= 11 is 0. The summed E-state index contributed by atoms with van der Waals surface area (Å²) in [6, 6.07) is 5.73. The largest absolute Gasteiger partial charge is 0.343 e. The predicted molar refractivity (Wildman–Crippen MR) is 104 cm³/mol. The maximum atomic E-state index is 4.21. The fraction of sp³-hybridized carbons (Fsp3) is 0.368. The zero-order chi connectivity index (χ0) is 18.5. The van der Waals surface area contributed by atoms with Gasteiger partial charge < -0.3 is 9.55 Å². The lowest BCUT2D eigenvalue weighted by molar-refractivity contribution is 0.786. The Hall–Kier alpha value is -2.76. The summed E-state index contributed by atoms with van der Waals surface area (Å²) < 4.78 is 2.07. The van der Waals surface area contributed by atoms with Crippen molar-refractivity contribution in [2.24, 2.45) is 0 Å². The molecule has 4 aromatic heterocycles. The number of fused-ring (bicyclic) bond motifs is 2. The van der Waals surface area contributed by atoms with Crippen molar-refractivity contribution in [2.75, 3.05) is 0 Å². The minimum atomic E-state index is 0.775. The van der Waals surface area contributed by atoms with E-state index in [1.807, 2.05) is 44.6 Å². The van der Waals surface area contributed by atoms with Gasteiger partial charge >= 0.3 is 0 Å². The van der Waals surface area contributed by atoms with Gasteiger partial charge in [0.25, 0.3) is 0 Å². The number of hydrogen-bond donors (Lipinski definition) is 1. The summed E-state index contributed by atoms with van der Waals surface area (Å²) in [5.41, 5.74) is 3.88. The number of aryl methyl sites for hydroxylation is 1. The average Bonchev–Trinajstić information content (AvgIpc) is 3.31. The molecular weight excluding hydrogens is 312 g/mol. The fourth-order valence-electron chi connectivity index (χ4n) is 1.93. The molecule has 1 N–H and O–H groups in total. The minimum absolute atomic E-state index is 0.775. The Kier molecular flexibility index (Phi) is 9.51. The summed E-state index contributed by atoms with van der Waals surface area (Å²) in [7, 11) is 0. The molecule has 0 bridgehead atoms. The normalized spacial score (nSPS) is 9.32. The number of rotatable bonds is 1. The Morgan fingerprint density at radius 3 is 2.44 bits per heavy atom. The fourth-order valence-corrected chi connectivity index (χ4v) is 1.93. The van der Waals surface area contributed by atoms with Crippen LogP contribution in [0.3, 0.4) is 0 Å². The van der Waals surface area contributed by atoms with E-state index in [-0.39, 0.29) is 0 Å². The summed E-state index contributed by atoms with van der Waals surface area (Å²) in [6.07, 6.45) is 10.0. The Balaban J connectivity index is 0.000000202. The van der Waals surface area contributed by atoms with E-state index in [4.69, 9.17) is 0 Å². The number of hydrogen-bond acceptors (Lipinski definition) is 4. The van der Waals surface area contributed by atoms with E-state index in [0.717, 1.165) is 28.7 Å². The maximum absolute atomic E-state index is 4.21. The number of H-pyrrole nitrogens is 1. The van der Waals surface area contributed by atoms with E-state index >= 15 is 0 Å². The highest BCUT2D eigenvalue weighted by molar-refractivity contribution is 5.73. The zero-order valence-electron chi connectivity index (χ0n) is 15.8. The van der Waals surface area contributed by atoms with E-state index in [2.05, 4.69) is 50.3 Å². The van der Waals surface area contributed by atoms with Gasteiger partial charge in [-0.05, 0) is 25.1 Å². The SMILES string of the molecule is CC.CCC.CCn1cnc2ccncc21.c1cnc2nc[nH]c2c1. The van der Waals surface area contributed by atoms with Crippen molar-refractivity contribution in [1.29, 1.82) is 0 Å². The van der Waals surface area contributed by atoms with Crippen LogP contribution < -0.4 is 0 Å². The highest BCUT2D eigenvalue weighted by atomic mass is 15.0. The number of aromatic nitrogens is 6. The summed E-state index contributed by atoms with van der Waals surface area (Å²) in [6.45, 7) is 11.3. The minimum Gasteiger partial charge on any atom is -0.343 e. The van der Waals surface area contributed by atoms with Gasteiger partial charge in [0.05, 0.1) is 35.4 Å². The smallest absolute Gasteiger partial charge is 0.177 e. The molecule has 134 valence electrons. The lowest BCUT2D eigenvalue weighted by atomic mass is 10.4. The highest BCUT2D eigenvalue weighted by Gasteiger charge is 1.97. The maximum Gasteiger partial charge on any atom is 0.177 e. The van der Waals surface area contributed by atoms with Gasteiger partial charge in [0, 0.05) is 18.9 Å². The van der Waals surface area contributed by atoms with Crippen molar-refractivity contribution >= 4 is 22.2 Å². The van der Waals surface area contributed by atoms with Crippen molar-refractivity contribution in [1.82, 2.24) is 29.5 Å². The van der Waals surface area contributed by atoms with Gasteiger partial charge in [-0.25, -0.2) is 15.0 Å². The molecule has 0 unspecified atom stereocenters. The standard InChI is InChI=1S/C8H9N3.C6H5N3.C3H8.C2H6/c1-2-11-6-10-7-3-4-9-5-8(7)11;1-2-5-6(7-3-1)9-4-8-5;1-3-2;1-2/h3-6H,2H2,1H3;1-4H,(H,7,8,9);3H2,1-2H3;1-2H3. The molecule has 6 nitrogen and oxygen atoms in total. The second kappa shape index (κ2) is 11.7. The summed E-state index contributed by atoms with van der Waals surface area (Å²) in [5, 5.41) is 0. The molecule has 0 spiro atoms. The molecule has 0 aliphatic rings. The van der Waals surface area contributed by atoms with Gasteiger partial charge in [0.15, 0.2) is 5.65 Å². The van der Waals surface area contributed by atoms with E-state index in [9.17, 15) is 0 Å². The molecule has 25 heavy (non-hydrogen) atoms. The quantitative estimate of drug-likeness (QED) is 0.537. The third-order valence-electron chi connectivity index (χ3n) is 2.96. The molecule has 0 aliphatic carbocycles. The first-order chi connectivity index (χ1) is 12.3. The van der Waals surface area contributed by atoms with E-state index < -0.39 is 0 Å². The molecule has 0 aliphatic heterocycles. The molecular formula is C19H28N6. The number of pyridine rings is 2. The van der Waals surface area contributed by atoms with Crippen LogP contribution in [0.4, 0.5) is 0 Å². The zero-order valence-corrected chi connectivity index (χ0v) is 15.8. The number of aromatic amines is 1. The van der Waals surface area contributed by atoms with Gasteiger partial charge in [-0.15, -0.1) is 0 Å². The molecule has 0 saturated heterocycles. The third kappa shape index (κ3) is 5.99. The van der Waals surface area contributed by atoms with Crippen LogP contribution in [0, 0.1) is 0 Å². The molecule has 0 radical (unpaired) electrons. The molecule has 0 atom stereocenters. The van der Waals surface area contributed by atoms with Gasteiger partial charge in [0.2, 0.25) is 0 Å². The highest BCUT2D eigenvalue weighted by Crippen LogP contribution is 2.09. The summed E-state index contributed by atoms with van der Waals surface area (Å²) in [4.78, 5) is 19.1. The van der Waals surface area contributed by atoms with Crippen LogP contribution in [0.5, 0.6) is 0 Å². The molecule has 4 heterocycles. The molecule has 6 heteroatoms. The van der Waals surface area contributed by atoms with Crippen LogP contribution in [0.1, 0.15) is 41.0 Å². The molecule has 4 aromatic rings. The van der Waals surface area contributed by atoms with Crippen molar-refractivity contribution < 1.29 is 0 Å². The Bertz CT molecular complexity index is 804. The molecule has 0 amide bonds. The van der Waals surface area contributed by atoms with Gasteiger partial charge in [-0.2, -0.15) is 0 Å². The first-order valence-electron chi connectivity index (χ1n) is 8.79. The molecule has 0 saturated carbocycles. The van der Waals surface area contributed by atoms with Crippen LogP contribution in [0.25, 0.3) is 22.2 Å². The Labute approximate surface area is 149 Å². The second-order valence-corrected chi connectivity index (χ2v) is 4.88. The van der Waals surface area contributed by atoms with Gasteiger partial charge in [-0.1, -0.05) is 34.1 Å². The Morgan fingerprint density at radius 2 is 1.76 bits per heavy atom. The molecule has 0 fully saturated rings. The van der Waals surface area contributed by atoms with Crippen molar-refractivity contribution in [3.05, 3.63) is 49.4 Å². The van der Waals surface area contributed by atoms with Gasteiger partial charge in [0.1, 0.15) is 0 Å². The first kappa shape index (κ1) is 20.3. The first-order valence-corrected chi connectivity index (χ1v) is 8.79. The van der Waals surface area contributed by atoms with E-state index in [1.165, 1.54) is 6.42 Å². The lowest BCUT2D eigenvalue weighted by Gasteiger charge is -1.95. The number of nitrogens with zero attached hydrogens (tertiary/aromatic N) is 5. The van der Waals surface area contributed by atoms with Gasteiger partial charge in [-0.3, -0.25) is 4.98 Å². The van der Waals surface area contributed by atoms with Crippen LogP contribution in [0.2, 0.25) is 0 Å². The van der Waals surface area contributed by atoms with E-state index in [1.54, 1.807) is 18.7 Å². The second-order valence-electron chi connectivity index (χ2n) is 4.88. The lowest BCUT2D eigenvalue weighted by Crippen LogP contribution is -1.90. The predicted octanol–water partition coefficient (Wildman–Crippen LogP) is 4.85. The Morgan fingerprint density at radius 1 is 1.00 bits per heavy atom. The van der Waals surface area contributed by atoms with Crippen LogP contribution in [-0.4, -0.2) is 29.5 Å². The number of imidazole rings is 2. The van der Waals surface area contributed by atoms with Crippen molar-refractivity contribution in [3.8, 4) is 0 Å². The third-order valence-corrected chi connectivity index (χ3v) is 2.96. The average molecular weight is 340 g/mol. The van der Waals surface area contributed by atoms with Crippen molar-refractivity contribution in [3.63, 3.8) is 0 Å². The monoisotopic (exact) mass is 340 g/mol. The van der Waals surface area contributed by atoms with Crippen LogP contribution >= 0.6 is 0 Å². The molecule has 0 aromatic carbocycles. The van der Waals surface area contributed by atoms with E-state index in [0.29, 0.717) is 0 Å². The van der Waals surface area contributed by atoms with Crippen LogP contribution in [-0.2, 0) is 6.54 Å². The summed E-state index contributed by atoms with van der Waals surface area (Å²) in [5.74, 6) is 0. The topological polar surface area (TPSA) is 72.3 Å².